The molecule has 198 valence electrons. The largest absolute Gasteiger partial charge is 0.508 e. The number of ether oxygens (including phenoxy) is 1. The number of hydrogen-bond donors (Lipinski definition) is 4. The van der Waals surface area contributed by atoms with Crippen molar-refractivity contribution in [3.8, 4) is 22.8 Å². The molecule has 1 saturated carbocycles. The van der Waals surface area contributed by atoms with Crippen LogP contribution in [0.1, 0.15) is 39.2 Å². The average Bonchev–Trinajstić information content (AvgIpc) is 3.40. The van der Waals surface area contributed by atoms with Crippen molar-refractivity contribution in [3.05, 3.63) is 65.6 Å². The maximum Gasteiger partial charge on any atom is 0.212 e. The SMILES string of the molecule is COc1ccc(-c2cc3c(NC4CC[C@](C)(N)C4(C)C)c(C(N)=Nc4ccc(O)cc4Cl)cnn3c2)cn1. The molecule has 38 heavy (non-hydrogen) atoms. The molecule has 1 unspecified atom stereocenters. The average molecular weight is 534 g/mol. The first-order valence-electron chi connectivity index (χ1n) is 12.4. The van der Waals surface area contributed by atoms with Crippen LogP contribution in [0.2, 0.25) is 5.02 Å². The van der Waals surface area contributed by atoms with Gasteiger partial charge in [-0.3, -0.25) is 0 Å². The van der Waals surface area contributed by atoms with E-state index < -0.39 is 0 Å². The number of phenols is 1. The normalized spacial score (nSPS) is 21.1. The second kappa shape index (κ2) is 9.49. The Balaban J connectivity index is 1.64. The van der Waals surface area contributed by atoms with Crippen LogP contribution in [0.25, 0.3) is 16.6 Å². The topological polar surface area (TPSA) is 136 Å². The van der Waals surface area contributed by atoms with Crippen molar-refractivity contribution >= 4 is 34.3 Å². The van der Waals surface area contributed by atoms with Gasteiger partial charge in [0.15, 0.2) is 0 Å². The molecule has 0 amide bonds. The second-order valence-electron chi connectivity index (χ2n) is 10.6. The lowest BCUT2D eigenvalue weighted by Gasteiger charge is -2.39. The van der Waals surface area contributed by atoms with Crippen LogP contribution < -0.4 is 21.5 Å². The Hall–Kier alpha value is -3.82. The number of nitrogens with two attached hydrogens (primary N) is 2. The summed E-state index contributed by atoms with van der Waals surface area (Å²) < 4.78 is 7.02. The quantitative estimate of drug-likeness (QED) is 0.199. The van der Waals surface area contributed by atoms with E-state index in [2.05, 4.69) is 41.2 Å². The predicted molar refractivity (Wildman–Crippen MR) is 151 cm³/mol. The minimum atomic E-state index is -0.324. The molecule has 1 aromatic carbocycles. The number of hydrogen-bond acceptors (Lipinski definition) is 7. The smallest absolute Gasteiger partial charge is 0.212 e. The molecular formula is C28H32ClN7O2. The van der Waals surface area contributed by atoms with Crippen molar-refractivity contribution in [1.29, 1.82) is 0 Å². The number of phenolic OH excluding ortho intramolecular Hbond substituents is 1. The number of halogens is 1. The minimum Gasteiger partial charge on any atom is -0.508 e. The Bertz CT molecular complexity index is 1530. The van der Waals surface area contributed by atoms with E-state index in [1.54, 1.807) is 25.6 Å². The summed E-state index contributed by atoms with van der Waals surface area (Å²) in [7, 11) is 1.59. The first-order valence-corrected chi connectivity index (χ1v) is 12.8. The molecule has 0 radical (unpaired) electrons. The molecule has 6 N–H and O–H groups in total. The Morgan fingerprint density at radius 3 is 2.61 bits per heavy atom. The Labute approximate surface area is 226 Å². The van der Waals surface area contributed by atoms with Gasteiger partial charge in [-0.1, -0.05) is 25.4 Å². The van der Waals surface area contributed by atoms with Crippen LogP contribution in [-0.4, -0.2) is 44.2 Å². The minimum absolute atomic E-state index is 0.0556. The molecule has 0 bridgehead atoms. The van der Waals surface area contributed by atoms with Crippen LogP contribution in [0, 0.1) is 5.41 Å². The van der Waals surface area contributed by atoms with Crippen molar-refractivity contribution in [1.82, 2.24) is 14.6 Å². The Morgan fingerprint density at radius 1 is 1.18 bits per heavy atom. The number of benzene rings is 1. The first kappa shape index (κ1) is 25.8. The van der Waals surface area contributed by atoms with Gasteiger partial charge in [0.1, 0.15) is 11.6 Å². The van der Waals surface area contributed by atoms with Gasteiger partial charge in [0.25, 0.3) is 0 Å². The number of methoxy groups -OCH3 is 1. The fourth-order valence-electron chi connectivity index (χ4n) is 4.96. The zero-order valence-corrected chi connectivity index (χ0v) is 22.6. The summed E-state index contributed by atoms with van der Waals surface area (Å²) in [6.07, 6.45) is 7.21. The molecule has 3 aromatic heterocycles. The lowest BCUT2D eigenvalue weighted by atomic mass is 9.75. The third kappa shape index (κ3) is 4.52. The predicted octanol–water partition coefficient (Wildman–Crippen LogP) is 5.12. The number of nitrogens with one attached hydrogen (secondary N) is 1. The highest BCUT2D eigenvalue weighted by atomic mass is 35.5. The van der Waals surface area contributed by atoms with Crippen LogP contribution >= 0.6 is 11.6 Å². The molecule has 1 fully saturated rings. The van der Waals surface area contributed by atoms with Gasteiger partial charge in [-0.25, -0.2) is 14.5 Å². The van der Waals surface area contributed by atoms with Gasteiger partial charge in [0, 0.05) is 52.6 Å². The molecule has 9 nitrogen and oxygen atoms in total. The molecule has 0 saturated heterocycles. The van der Waals surface area contributed by atoms with Gasteiger partial charge in [-0.15, -0.1) is 0 Å². The molecule has 10 heteroatoms. The summed E-state index contributed by atoms with van der Waals surface area (Å²) >= 11 is 6.31. The van der Waals surface area contributed by atoms with Crippen molar-refractivity contribution in [2.45, 2.75) is 45.2 Å². The van der Waals surface area contributed by atoms with E-state index in [0.717, 1.165) is 35.2 Å². The van der Waals surface area contributed by atoms with Crippen molar-refractivity contribution in [2.24, 2.45) is 21.9 Å². The van der Waals surface area contributed by atoms with E-state index in [0.29, 0.717) is 22.2 Å². The molecule has 3 heterocycles. The van der Waals surface area contributed by atoms with Crippen LogP contribution in [-0.2, 0) is 0 Å². The van der Waals surface area contributed by atoms with E-state index in [9.17, 15) is 5.11 Å². The number of nitrogens with zero attached hydrogens (tertiary/aromatic N) is 4. The summed E-state index contributed by atoms with van der Waals surface area (Å²) in [6, 6.07) is 10.5. The van der Waals surface area contributed by atoms with Crippen molar-refractivity contribution < 1.29 is 9.84 Å². The highest BCUT2D eigenvalue weighted by molar-refractivity contribution is 6.33. The third-order valence-electron chi connectivity index (χ3n) is 7.98. The summed E-state index contributed by atoms with van der Waals surface area (Å²) in [6.45, 7) is 6.48. The number of aromatic nitrogens is 3. The van der Waals surface area contributed by atoms with Crippen molar-refractivity contribution in [3.63, 3.8) is 0 Å². The van der Waals surface area contributed by atoms with Gasteiger partial charge in [-0.2, -0.15) is 5.10 Å². The van der Waals surface area contributed by atoms with E-state index in [1.807, 2.05) is 28.9 Å². The van der Waals surface area contributed by atoms with Crippen LogP contribution in [0.3, 0.4) is 0 Å². The maximum absolute atomic E-state index is 9.72. The number of rotatable bonds is 6. The second-order valence-corrected chi connectivity index (χ2v) is 11.0. The van der Waals surface area contributed by atoms with Gasteiger partial charge in [-0.05, 0) is 44.0 Å². The summed E-state index contributed by atoms with van der Waals surface area (Å²) in [5.74, 6) is 0.848. The number of fused-ring (bicyclic) bond motifs is 1. The molecule has 2 atom stereocenters. The van der Waals surface area contributed by atoms with E-state index in [4.69, 9.17) is 27.8 Å². The van der Waals surface area contributed by atoms with Crippen LogP contribution in [0.15, 0.2) is 60.0 Å². The maximum atomic E-state index is 9.72. The van der Waals surface area contributed by atoms with E-state index in [1.165, 1.54) is 12.1 Å². The summed E-state index contributed by atoms with van der Waals surface area (Å²) in [5.41, 5.74) is 17.3. The van der Waals surface area contributed by atoms with Crippen LogP contribution in [0.5, 0.6) is 11.6 Å². The van der Waals surface area contributed by atoms with Gasteiger partial charge in [0.05, 0.1) is 40.8 Å². The Kier molecular flexibility index (Phi) is 6.44. The number of anilines is 1. The fourth-order valence-corrected chi connectivity index (χ4v) is 5.18. The van der Waals surface area contributed by atoms with Gasteiger partial charge in [0.2, 0.25) is 5.88 Å². The molecule has 1 aliphatic carbocycles. The molecule has 1 aliphatic rings. The standard InChI is InChI=1S/C28H32ClN7O2/c1-27(2)23(9-10-28(27,3)31)35-25-19(26(30)34-21-7-6-18(37)12-20(21)29)14-33-36-15-17(11-22(25)36)16-5-8-24(38-4)32-13-16/h5-8,11-15,23,35,37H,9-10,31H2,1-4H3,(H2,30,34)/t23?,28-/m0/s1. The van der Waals surface area contributed by atoms with Crippen LogP contribution in [0.4, 0.5) is 11.4 Å². The monoisotopic (exact) mass is 533 g/mol. The first-order chi connectivity index (χ1) is 18.0. The number of pyridine rings is 1. The number of aliphatic imine (C=N–C) groups is 1. The molecular weight excluding hydrogens is 502 g/mol. The number of aromatic hydroxyl groups is 1. The molecule has 5 rings (SSSR count). The fraction of sp³-hybridized carbons (Fsp3) is 0.321. The highest BCUT2D eigenvalue weighted by Gasteiger charge is 2.49. The lowest BCUT2D eigenvalue weighted by Crippen LogP contribution is -2.51. The zero-order valence-electron chi connectivity index (χ0n) is 21.9. The van der Waals surface area contributed by atoms with E-state index in [-0.39, 0.29) is 28.6 Å². The zero-order chi connectivity index (χ0) is 27.2. The summed E-state index contributed by atoms with van der Waals surface area (Å²) in [4.78, 5) is 8.92. The molecule has 0 spiro atoms. The molecule has 0 aliphatic heterocycles. The lowest BCUT2D eigenvalue weighted by molar-refractivity contribution is 0.215. The highest BCUT2D eigenvalue weighted by Crippen LogP contribution is 2.46. The van der Waals surface area contributed by atoms with Crippen molar-refractivity contribution in [2.75, 3.05) is 12.4 Å². The van der Waals surface area contributed by atoms with Gasteiger partial charge >= 0.3 is 0 Å². The Morgan fingerprint density at radius 2 is 1.97 bits per heavy atom. The molecule has 4 aromatic rings. The third-order valence-corrected chi connectivity index (χ3v) is 8.28. The van der Waals surface area contributed by atoms with Gasteiger partial charge < -0.3 is 26.6 Å². The summed E-state index contributed by atoms with van der Waals surface area (Å²) in [5, 5.41) is 18.4. The van der Waals surface area contributed by atoms with E-state index >= 15 is 0 Å². The number of amidine groups is 1.